The lowest BCUT2D eigenvalue weighted by Gasteiger charge is -2.31. The van der Waals surface area contributed by atoms with Crippen molar-refractivity contribution in [2.75, 3.05) is 13.1 Å². The van der Waals surface area contributed by atoms with Gasteiger partial charge in [0.05, 0.1) is 0 Å². The number of aryl methyl sites for hydroxylation is 1. The van der Waals surface area contributed by atoms with E-state index in [0.29, 0.717) is 12.1 Å². The maximum absolute atomic E-state index is 12.5. The second kappa shape index (κ2) is 5.07. The average Bonchev–Trinajstić information content (AvgIpc) is 2.35. The molecule has 1 aromatic rings. The van der Waals surface area contributed by atoms with Gasteiger partial charge in [-0.15, -0.1) is 0 Å². The lowest BCUT2D eigenvalue weighted by Crippen LogP contribution is -2.55. The molecule has 0 aromatic carbocycles. The summed E-state index contributed by atoms with van der Waals surface area (Å²) in [4.78, 5) is 15.4. The SMILES string of the molecule is Cc1cc(S(=O)(=O)N2CCNC(=O)C2C)cnc1Cl. The van der Waals surface area contributed by atoms with E-state index in [9.17, 15) is 13.2 Å². The van der Waals surface area contributed by atoms with Gasteiger partial charge in [-0.2, -0.15) is 4.31 Å². The molecule has 1 aliphatic heterocycles. The van der Waals surface area contributed by atoms with Gasteiger partial charge in [-0.05, 0) is 25.5 Å². The quantitative estimate of drug-likeness (QED) is 0.809. The van der Waals surface area contributed by atoms with Gasteiger partial charge in [0.1, 0.15) is 16.1 Å². The van der Waals surface area contributed by atoms with Crippen LogP contribution < -0.4 is 5.32 Å². The standard InChI is InChI=1S/C11H14ClN3O3S/c1-7-5-9(6-14-10(7)12)19(17,18)15-4-3-13-11(16)8(15)2/h5-6,8H,3-4H2,1-2H3,(H,13,16). The third-order valence-electron chi connectivity index (χ3n) is 3.04. The molecule has 1 N–H and O–H groups in total. The number of aromatic nitrogens is 1. The highest BCUT2D eigenvalue weighted by Crippen LogP contribution is 2.22. The Morgan fingerprint density at radius 3 is 2.84 bits per heavy atom. The second-order valence-corrected chi connectivity index (χ2v) is 6.61. The highest BCUT2D eigenvalue weighted by molar-refractivity contribution is 7.89. The van der Waals surface area contributed by atoms with Crippen LogP contribution in [0.5, 0.6) is 0 Å². The number of carbonyl (C=O) groups is 1. The number of pyridine rings is 1. The van der Waals surface area contributed by atoms with Crippen molar-refractivity contribution >= 4 is 27.5 Å². The highest BCUT2D eigenvalue weighted by Gasteiger charge is 2.35. The molecule has 1 fully saturated rings. The molecule has 6 nitrogen and oxygen atoms in total. The van der Waals surface area contributed by atoms with E-state index < -0.39 is 16.1 Å². The minimum atomic E-state index is -3.73. The Hall–Kier alpha value is -1.18. The summed E-state index contributed by atoms with van der Waals surface area (Å²) in [5, 5.41) is 2.89. The lowest BCUT2D eigenvalue weighted by molar-refractivity contribution is -0.126. The smallest absolute Gasteiger partial charge is 0.245 e. The number of rotatable bonds is 2. The molecule has 0 aliphatic carbocycles. The van der Waals surface area contributed by atoms with Gasteiger partial charge in [-0.1, -0.05) is 11.6 Å². The number of nitrogens with zero attached hydrogens (tertiary/aromatic N) is 2. The summed E-state index contributed by atoms with van der Waals surface area (Å²) in [7, 11) is -3.73. The molecular formula is C11H14ClN3O3S. The van der Waals surface area contributed by atoms with E-state index in [-0.39, 0.29) is 22.5 Å². The Morgan fingerprint density at radius 2 is 2.21 bits per heavy atom. The van der Waals surface area contributed by atoms with Crippen LogP contribution in [0.15, 0.2) is 17.2 Å². The molecule has 1 aromatic heterocycles. The van der Waals surface area contributed by atoms with Crippen LogP contribution in [0.4, 0.5) is 0 Å². The molecule has 19 heavy (non-hydrogen) atoms. The number of hydrogen-bond donors (Lipinski definition) is 1. The molecule has 0 radical (unpaired) electrons. The predicted octanol–water partition coefficient (Wildman–Crippen LogP) is 0.552. The van der Waals surface area contributed by atoms with E-state index in [1.54, 1.807) is 13.8 Å². The number of nitrogens with one attached hydrogen (secondary N) is 1. The van der Waals surface area contributed by atoms with Crippen molar-refractivity contribution < 1.29 is 13.2 Å². The Morgan fingerprint density at radius 1 is 1.53 bits per heavy atom. The molecular weight excluding hydrogens is 290 g/mol. The molecule has 0 bridgehead atoms. The van der Waals surface area contributed by atoms with E-state index >= 15 is 0 Å². The third-order valence-corrected chi connectivity index (χ3v) is 5.37. The summed E-state index contributed by atoms with van der Waals surface area (Å²) >= 11 is 5.78. The van der Waals surface area contributed by atoms with E-state index in [1.165, 1.54) is 16.6 Å². The van der Waals surface area contributed by atoms with Gasteiger partial charge in [0.2, 0.25) is 15.9 Å². The van der Waals surface area contributed by atoms with Crippen LogP contribution in [0.1, 0.15) is 12.5 Å². The zero-order valence-corrected chi connectivity index (χ0v) is 12.1. The number of halogens is 1. The van der Waals surface area contributed by atoms with Crippen LogP contribution in [0, 0.1) is 6.92 Å². The topological polar surface area (TPSA) is 79.4 Å². The van der Waals surface area contributed by atoms with Crippen LogP contribution >= 0.6 is 11.6 Å². The van der Waals surface area contributed by atoms with Gasteiger partial charge >= 0.3 is 0 Å². The largest absolute Gasteiger partial charge is 0.353 e. The number of amides is 1. The van der Waals surface area contributed by atoms with Crippen LogP contribution in [0.2, 0.25) is 5.15 Å². The van der Waals surface area contributed by atoms with Gasteiger partial charge in [0, 0.05) is 19.3 Å². The molecule has 1 unspecified atom stereocenters. The van der Waals surface area contributed by atoms with Crippen LogP contribution in [-0.2, 0) is 14.8 Å². The van der Waals surface area contributed by atoms with Gasteiger partial charge in [-0.3, -0.25) is 4.79 Å². The minimum Gasteiger partial charge on any atom is -0.353 e. The molecule has 0 saturated carbocycles. The zero-order chi connectivity index (χ0) is 14.2. The van der Waals surface area contributed by atoms with Crippen molar-refractivity contribution in [3.05, 3.63) is 23.0 Å². The summed E-state index contributed by atoms with van der Waals surface area (Å²) in [6.07, 6.45) is 1.21. The predicted molar refractivity (Wildman–Crippen MR) is 70.3 cm³/mol. The molecule has 1 atom stereocenters. The van der Waals surface area contributed by atoms with E-state index in [1.807, 2.05) is 0 Å². The van der Waals surface area contributed by atoms with Gasteiger partial charge in [0.25, 0.3) is 0 Å². The lowest BCUT2D eigenvalue weighted by atomic mass is 10.2. The van der Waals surface area contributed by atoms with Gasteiger partial charge in [-0.25, -0.2) is 13.4 Å². The number of carbonyl (C=O) groups excluding carboxylic acids is 1. The van der Waals surface area contributed by atoms with Crippen LogP contribution in [-0.4, -0.2) is 42.7 Å². The maximum atomic E-state index is 12.5. The molecule has 8 heteroatoms. The summed E-state index contributed by atoms with van der Waals surface area (Å²) < 4.78 is 26.1. The third kappa shape index (κ3) is 2.58. The van der Waals surface area contributed by atoms with Crippen molar-refractivity contribution in [1.29, 1.82) is 0 Å². The summed E-state index contributed by atoms with van der Waals surface area (Å²) in [6, 6.07) is 0.735. The first kappa shape index (κ1) is 14.2. The van der Waals surface area contributed by atoms with Crippen molar-refractivity contribution in [1.82, 2.24) is 14.6 Å². The van der Waals surface area contributed by atoms with Gasteiger partial charge in [0.15, 0.2) is 0 Å². The molecule has 1 saturated heterocycles. The number of sulfonamides is 1. The molecule has 2 rings (SSSR count). The Kier molecular flexibility index (Phi) is 3.80. The van der Waals surface area contributed by atoms with Gasteiger partial charge < -0.3 is 5.32 Å². The van der Waals surface area contributed by atoms with Crippen LogP contribution in [0.3, 0.4) is 0 Å². The second-order valence-electron chi connectivity index (χ2n) is 4.36. The molecule has 0 spiro atoms. The summed E-state index contributed by atoms with van der Waals surface area (Å²) in [5.41, 5.74) is 0.580. The van der Waals surface area contributed by atoms with Crippen molar-refractivity contribution in [3.8, 4) is 0 Å². The fourth-order valence-corrected chi connectivity index (χ4v) is 3.63. The summed E-state index contributed by atoms with van der Waals surface area (Å²) in [5.74, 6) is -0.298. The first-order valence-corrected chi connectivity index (χ1v) is 7.57. The average molecular weight is 304 g/mol. The molecule has 1 amide bonds. The van der Waals surface area contributed by atoms with Crippen molar-refractivity contribution in [2.45, 2.75) is 24.8 Å². The normalized spacial score (nSPS) is 21.2. The Bertz CT molecular complexity index is 618. The first-order valence-electron chi connectivity index (χ1n) is 5.75. The van der Waals surface area contributed by atoms with E-state index in [2.05, 4.69) is 10.3 Å². The molecule has 1 aliphatic rings. The number of hydrogen-bond acceptors (Lipinski definition) is 4. The number of piperazine rings is 1. The maximum Gasteiger partial charge on any atom is 0.245 e. The van der Waals surface area contributed by atoms with Crippen LogP contribution in [0.25, 0.3) is 0 Å². The fraction of sp³-hybridized carbons (Fsp3) is 0.455. The van der Waals surface area contributed by atoms with E-state index in [4.69, 9.17) is 11.6 Å². The zero-order valence-electron chi connectivity index (χ0n) is 10.6. The first-order chi connectivity index (χ1) is 8.84. The Balaban J connectivity index is 2.41. The summed E-state index contributed by atoms with van der Waals surface area (Å²) in [6.45, 7) is 3.79. The van der Waals surface area contributed by atoms with Crippen molar-refractivity contribution in [2.24, 2.45) is 0 Å². The minimum absolute atomic E-state index is 0.0518. The van der Waals surface area contributed by atoms with Crippen molar-refractivity contribution in [3.63, 3.8) is 0 Å². The fourth-order valence-electron chi connectivity index (χ4n) is 1.90. The van der Waals surface area contributed by atoms with E-state index in [0.717, 1.165) is 0 Å². The monoisotopic (exact) mass is 303 g/mol. The highest BCUT2D eigenvalue weighted by atomic mass is 35.5. The molecule has 104 valence electrons. The Labute approximate surface area is 116 Å². The molecule has 2 heterocycles.